The molecule has 4 heteroatoms. The summed E-state index contributed by atoms with van der Waals surface area (Å²) in [5.74, 6) is 0. The van der Waals surface area contributed by atoms with E-state index in [1.165, 1.54) is 58.5 Å². The van der Waals surface area contributed by atoms with E-state index in [0.717, 1.165) is 33.4 Å². The summed E-state index contributed by atoms with van der Waals surface area (Å²) in [6.07, 6.45) is 0. The number of hydrogen-bond donors (Lipinski definition) is 0. The van der Waals surface area contributed by atoms with E-state index in [-0.39, 0.29) is 5.70 Å². The molecule has 2 aliphatic rings. The van der Waals surface area contributed by atoms with E-state index in [9.17, 15) is 5.26 Å². The molecular weight excluding hydrogens is 681 g/mol. The minimum Gasteiger partial charge on any atom is -0.226 e. The van der Waals surface area contributed by atoms with E-state index in [4.69, 9.17) is 6.57 Å². The van der Waals surface area contributed by atoms with Crippen LogP contribution in [0.4, 0.5) is 0 Å². The first-order valence-electron chi connectivity index (χ1n) is 17.5. The Balaban J connectivity index is 1.04. The molecule has 10 rings (SSSR count). The first-order chi connectivity index (χ1) is 26.2. The lowest BCUT2D eigenvalue weighted by Gasteiger charge is -2.34. The van der Waals surface area contributed by atoms with Gasteiger partial charge in [0.25, 0.3) is 5.70 Å². The van der Waals surface area contributed by atoms with E-state index in [1.807, 2.05) is 29.5 Å². The maximum absolute atomic E-state index is 9.73. The van der Waals surface area contributed by atoms with Crippen molar-refractivity contribution >= 4 is 28.2 Å². The predicted octanol–water partition coefficient (Wildman–Crippen LogP) is 13.4. The molecule has 2 aliphatic carbocycles. The van der Waals surface area contributed by atoms with Crippen LogP contribution in [0.5, 0.6) is 0 Å². The summed E-state index contributed by atoms with van der Waals surface area (Å²) in [6, 6.07) is 63.4. The minimum atomic E-state index is -0.424. The molecule has 0 aliphatic heterocycles. The van der Waals surface area contributed by atoms with Gasteiger partial charge in [-0.15, -0.1) is 22.7 Å². The van der Waals surface area contributed by atoms with Crippen LogP contribution in [-0.4, -0.2) is 0 Å². The summed E-state index contributed by atoms with van der Waals surface area (Å²) in [7, 11) is 0. The second-order valence-corrected chi connectivity index (χ2v) is 15.5. The number of thiophene rings is 2. The molecule has 0 bridgehead atoms. The Bertz CT molecular complexity index is 2800. The quantitative estimate of drug-likeness (QED) is 0.129. The fourth-order valence-corrected chi connectivity index (χ4v) is 10.6. The first kappa shape index (κ1) is 31.2. The van der Waals surface area contributed by atoms with Crippen molar-refractivity contribution in [2.24, 2.45) is 0 Å². The highest BCUT2D eigenvalue weighted by atomic mass is 32.1. The van der Waals surface area contributed by atoms with Crippen LogP contribution in [0.2, 0.25) is 0 Å². The second kappa shape index (κ2) is 12.3. The molecule has 2 nitrogen and oxygen atoms in total. The third-order valence-corrected chi connectivity index (χ3v) is 13.2. The summed E-state index contributed by atoms with van der Waals surface area (Å²) in [5, 5.41) is 9.73. The molecule has 0 saturated heterocycles. The fourth-order valence-electron chi connectivity index (χ4n) is 8.46. The van der Waals surface area contributed by atoms with Crippen molar-refractivity contribution in [3.05, 3.63) is 220 Å². The Hall–Kier alpha value is -6.56. The Morgan fingerprint density at radius 2 is 0.962 bits per heavy atom. The molecule has 2 heterocycles. The number of nitrogens with zero attached hydrogens (tertiary/aromatic N) is 2. The lowest BCUT2D eigenvalue weighted by atomic mass is 9.67. The average Bonchev–Trinajstić information content (AvgIpc) is 4.03. The number of nitriles is 1. The van der Waals surface area contributed by atoms with Crippen LogP contribution in [-0.2, 0) is 5.41 Å². The number of fused-ring (bicyclic) bond motifs is 6. The van der Waals surface area contributed by atoms with Crippen LogP contribution in [0.1, 0.15) is 33.4 Å². The highest BCUT2D eigenvalue weighted by Gasteiger charge is 2.46. The van der Waals surface area contributed by atoms with Gasteiger partial charge in [0.1, 0.15) is 0 Å². The third-order valence-electron chi connectivity index (χ3n) is 10.7. The third kappa shape index (κ3) is 4.67. The van der Waals surface area contributed by atoms with Gasteiger partial charge < -0.3 is 0 Å². The van der Waals surface area contributed by atoms with Crippen molar-refractivity contribution < 1.29 is 0 Å². The zero-order valence-corrected chi connectivity index (χ0v) is 30.0. The van der Waals surface area contributed by atoms with Crippen LogP contribution < -0.4 is 0 Å². The van der Waals surface area contributed by atoms with Gasteiger partial charge in [-0.1, -0.05) is 133 Å². The molecule has 0 saturated carbocycles. The van der Waals surface area contributed by atoms with E-state index < -0.39 is 5.41 Å². The molecule has 0 atom stereocenters. The monoisotopic (exact) mass is 708 g/mol. The maximum Gasteiger partial charge on any atom is 0.270 e. The van der Waals surface area contributed by atoms with Gasteiger partial charge in [0.15, 0.2) is 0 Å². The smallest absolute Gasteiger partial charge is 0.226 e. The molecule has 0 unspecified atom stereocenters. The lowest BCUT2D eigenvalue weighted by molar-refractivity contribution is 0.769. The van der Waals surface area contributed by atoms with Crippen molar-refractivity contribution in [1.82, 2.24) is 0 Å². The summed E-state index contributed by atoms with van der Waals surface area (Å²) >= 11 is 3.63. The molecule has 8 aromatic rings. The van der Waals surface area contributed by atoms with Crippen LogP contribution >= 0.6 is 22.7 Å². The second-order valence-electron chi connectivity index (χ2n) is 13.4. The average molecular weight is 709 g/mol. The molecule has 0 spiro atoms. The van der Waals surface area contributed by atoms with E-state index in [1.54, 1.807) is 11.3 Å². The summed E-state index contributed by atoms with van der Waals surface area (Å²) in [6.45, 7) is 7.62. The van der Waals surface area contributed by atoms with Gasteiger partial charge in [-0.05, 0) is 103 Å². The number of hydrogen-bond acceptors (Lipinski definition) is 3. The molecule has 0 radical (unpaired) electrons. The molecule has 2 aromatic heterocycles. The predicted molar refractivity (Wildman–Crippen MR) is 219 cm³/mol. The van der Waals surface area contributed by atoms with Gasteiger partial charge >= 0.3 is 0 Å². The fraction of sp³-hybridized carbons (Fsp3) is 0.0204. The van der Waals surface area contributed by atoms with Gasteiger partial charge in [-0.2, -0.15) is 0 Å². The molecule has 6 aromatic carbocycles. The highest BCUT2D eigenvalue weighted by molar-refractivity contribution is 7.25. The SMILES string of the molecule is [C-]#[N+]/C(C#N)=C1/c2ccccc2-c2cc(-c3ccc(-c4ccc(-c5ccc6c(c5)C(c5ccccc5)(c5ccccc5)c5ccccc5-6)s4)s3)ccc21. The van der Waals surface area contributed by atoms with Crippen molar-refractivity contribution in [2.75, 3.05) is 0 Å². The van der Waals surface area contributed by atoms with Gasteiger partial charge in [0.2, 0.25) is 0 Å². The van der Waals surface area contributed by atoms with Crippen LogP contribution in [0.3, 0.4) is 0 Å². The van der Waals surface area contributed by atoms with E-state index in [2.05, 4.69) is 163 Å². The van der Waals surface area contributed by atoms with Crippen molar-refractivity contribution in [2.45, 2.75) is 5.41 Å². The largest absolute Gasteiger partial charge is 0.270 e. The molecule has 0 N–H and O–H groups in total. The molecule has 0 fully saturated rings. The van der Waals surface area contributed by atoms with Gasteiger partial charge in [0.05, 0.1) is 18.1 Å². The summed E-state index contributed by atoms with van der Waals surface area (Å²) in [4.78, 5) is 8.46. The van der Waals surface area contributed by atoms with Gasteiger partial charge in [-0.25, -0.2) is 10.1 Å². The lowest BCUT2D eigenvalue weighted by Crippen LogP contribution is -2.28. The topological polar surface area (TPSA) is 28.1 Å². The number of allylic oxidation sites excluding steroid dienone is 1. The first-order valence-corrected chi connectivity index (χ1v) is 19.1. The molecule has 53 heavy (non-hydrogen) atoms. The number of benzene rings is 6. The van der Waals surface area contributed by atoms with Crippen molar-refractivity contribution in [1.29, 1.82) is 5.26 Å². The highest BCUT2D eigenvalue weighted by Crippen LogP contribution is 2.57. The molecular formula is C49H28N2S2. The Morgan fingerprint density at radius 3 is 1.58 bits per heavy atom. The standard InChI is InChI=1S/C49H28N2S2/c1-51-43(30-50)48-38-18-9-8-16-35(38)40-28-31(21-23-39(40)48)44-24-26-46(52-44)47-27-25-45(53-47)32-20-22-37-36-17-10-11-19-41(36)49(42(37)29-32,33-12-4-2-5-13-33)34-14-6-3-7-15-34/h2-29H/b48-43-. The van der Waals surface area contributed by atoms with Gasteiger partial charge in [0, 0.05) is 25.1 Å². The minimum absolute atomic E-state index is 0.134. The van der Waals surface area contributed by atoms with E-state index in [0.29, 0.717) is 0 Å². The van der Waals surface area contributed by atoms with Crippen LogP contribution in [0.25, 0.3) is 63.3 Å². The number of rotatable bonds is 5. The Labute approximate surface area is 316 Å². The molecule has 0 amide bonds. The Kier molecular flexibility index (Phi) is 7.24. The van der Waals surface area contributed by atoms with Gasteiger partial charge in [-0.3, -0.25) is 0 Å². The summed E-state index contributed by atoms with van der Waals surface area (Å²) in [5.41, 5.74) is 14.6. The van der Waals surface area contributed by atoms with Crippen molar-refractivity contribution in [3.63, 3.8) is 0 Å². The Morgan fingerprint density at radius 1 is 0.472 bits per heavy atom. The summed E-state index contributed by atoms with van der Waals surface area (Å²) < 4.78 is 0. The van der Waals surface area contributed by atoms with Crippen LogP contribution in [0.15, 0.2) is 176 Å². The zero-order chi connectivity index (χ0) is 35.5. The molecule has 246 valence electrons. The maximum atomic E-state index is 9.73. The van der Waals surface area contributed by atoms with Crippen LogP contribution in [0, 0.1) is 17.9 Å². The zero-order valence-electron chi connectivity index (χ0n) is 28.4. The van der Waals surface area contributed by atoms with Crippen molar-refractivity contribution in [3.8, 4) is 59.0 Å². The normalized spacial score (nSPS) is 14.0. The van der Waals surface area contributed by atoms with E-state index >= 15 is 0 Å².